The van der Waals surface area contributed by atoms with Crippen molar-refractivity contribution in [3.63, 3.8) is 0 Å². The van der Waals surface area contributed by atoms with Crippen LogP contribution in [0.1, 0.15) is 30.1 Å². The van der Waals surface area contributed by atoms with Gasteiger partial charge in [0.1, 0.15) is 5.75 Å². The molecule has 0 fully saturated rings. The molecular formula is C16H20O6S. The molecule has 1 atom stereocenters. The number of carbonyl (C=O) groups is 3. The highest BCUT2D eigenvalue weighted by Crippen LogP contribution is 2.18. The molecule has 1 aromatic rings. The van der Waals surface area contributed by atoms with Crippen LogP contribution in [0, 0.1) is 0 Å². The number of esters is 2. The molecule has 0 aliphatic heterocycles. The lowest BCUT2D eigenvalue weighted by molar-refractivity contribution is -0.149. The van der Waals surface area contributed by atoms with Gasteiger partial charge in [0.15, 0.2) is 11.2 Å². The van der Waals surface area contributed by atoms with Crippen molar-refractivity contribution in [3.05, 3.63) is 29.8 Å². The topological polar surface area (TPSA) is 78.9 Å². The minimum atomic E-state index is -0.791. The van der Waals surface area contributed by atoms with Gasteiger partial charge in [0, 0.05) is 12.7 Å². The van der Waals surface area contributed by atoms with E-state index in [1.54, 1.807) is 18.2 Å². The summed E-state index contributed by atoms with van der Waals surface area (Å²) in [6, 6.07) is 6.38. The fourth-order valence-corrected chi connectivity index (χ4v) is 2.42. The first-order chi connectivity index (χ1) is 11.0. The summed E-state index contributed by atoms with van der Waals surface area (Å²) < 4.78 is 15.0. The van der Waals surface area contributed by atoms with Crippen LogP contribution >= 0.6 is 11.8 Å². The van der Waals surface area contributed by atoms with E-state index in [9.17, 15) is 14.4 Å². The highest BCUT2D eigenvalue weighted by Gasteiger charge is 2.21. The Hall–Kier alpha value is -2.02. The summed E-state index contributed by atoms with van der Waals surface area (Å²) in [7, 11) is 2.58. The third kappa shape index (κ3) is 6.73. The summed E-state index contributed by atoms with van der Waals surface area (Å²) in [4.78, 5) is 34.2. The Morgan fingerprint density at radius 3 is 2.52 bits per heavy atom. The van der Waals surface area contributed by atoms with Crippen LogP contribution in [0.4, 0.5) is 0 Å². The molecule has 0 N–H and O–H groups in total. The quantitative estimate of drug-likeness (QED) is 0.531. The van der Waals surface area contributed by atoms with Gasteiger partial charge in [-0.05, 0) is 31.0 Å². The second kappa shape index (κ2) is 9.89. The number of hydrogen-bond donors (Lipinski definition) is 0. The van der Waals surface area contributed by atoms with Crippen LogP contribution in [-0.4, -0.2) is 43.1 Å². The number of ether oxygens (including phenoxy) is 3. The van der Waals surface area contributed by atoms with E-state index in [1.807, 2.05) is 0 Å². The van der Waals surface area contributed by atoms with Crippen molar-refractivity contribution in [1.29, 1.82) is 0 Å². The van der Waals surface area contributed by atoms with Gasteiger partial charge in [-0.25, -0.2) is 9.59 Å². The van der Waals surface area contributed by atoms with Crippen molar-refractivity contribution < 1.29 is 28.6 Å². The summed E-state index contributed by atoms with van der Waals surface area (Å²) in [6.07, 6.45) is 0.247. The Kier molecular flexibility index (Phi) is 8.18. The predicted octanol–water partition coefficient (Wildman–Crippen LogP) is 2.45. The Balaban J connectivity index is 2.71. The third-order valence-corrected chi connectivity index (χ3v) is 3.81. The fraction of sp³-hybridized carbons (Fsp3) is 0.438. The number of carbonyl (C=O) groups excluding carboxylic acids is 3. The zero-order valence-corrected chi connectivity index (χ0v) is 14.2. The lowest BCUT2D eigenvalue weighted by atomic mass is 10.2. The number of rotatable bonds is 8. The van der Waals surface area contributed by atoms with E-state index in [0.29, 0.717) is 29.9 Å². The third-order valence-electron chi connectivity index (χ3n) is 2.91. The van der Waals surface area contributed by atoms with Gasteiger partial charge < -0.3 is 14.2 Å². The van der Waals surface area contributed by atoms with Gasteiger partial charge in [-0.15, -0.1) is 0 Å². The minimum Gasteiger partial charge on any atom is -0.479 e. The second-order valence-electron chi connectivity index (χ2n) is 4.63. The largest absolute Gasteiger partial charge is 0.479 e. The number of benzene rings is 1. The van der Waals surface area contributed by atoms with E-state index in [2.05, 4.69) is 4.74 Å². The maximum atomic E-state index is 11.8. The first kappa shape index (κ1) is 19.0. The van der Waals surface area contributed by atoms with E-state index in [0.717, 1.165) is 0 Å². The van der Waals surface area contributed by atoms with Crippen molar-refractivity contribution in [3.8, 4) is 5.75 Å². The molecule has 0 saturated carbocycles. The summed E-state index contributed by atoms with van der Waals surface area (Å²) in [6.45, 7) is 1.50. The molecule has 0 bridgehead atoms. The van der Waals surface area contributed by atoms with Gasteiger partial charge >= 0.3 is 11.9 Å². The number of methoxy groups -OCH3 is 2. The Labute approximate surface area is 139 Å². The van der Waals surface area contributed by atoms with Crippen molar-refractivity contribution in [2.75, 3.05) is 20.0 Å². The lowest BCUT2D eigenvalue weighted by Crippen LogP contribution is -2.28. The van der Waals surface area contributed by atoms with Gasteiger partial charge in [0.05, 0.1) is 19.8 Å². The monoisotopic (exact) mass is 340 g/mol. The Bertz CT molecular complexity index is 557. The second-order valence-corrected chi connectivity index (χ2v) is 5.90. The van der Waals surface area contributed by atoms with E-state index >= 15 is 0 Å². The van der Waals surface area contributed by atoms with Gasteiger partial charge in [0.2, 0.25) is 0 Å². The van der Waals surface area contributed by atoms with Crippen LogP contribution in [-0.2, 0) is 19.1 Å². The van der Waals surface area contributed by atoms with Crippen LogP contribution in [0.5, 0.6) is 5.75 Å². The fourth-order valence-electron chi connectivity index (χ4n) is 1.82. The highest BCUT2D eigenvalue weighted by atomic mass is 32.2. The molecule has 1 unspecified atom stereocenters. The van der Waals surface area contributed by atoms with Crippen molar-refractivity contribution in [2.45, 2.75) is 25.9 Å². The molecule has 1 aromatic carbocycles. The van der Waals surface area contributed by atoms with Gasteiger partial charge in [-0.2, -0.15) is 0 Å². The Morgan fingerprint density at radius 2 is 1.91 bits per heavy atom. The van der Waals surface area contributed by atoms with Gasteiger partial charge in [-0.3, -0.25) is 4.79 Å². The zero-order chi connectivity index (χ0) is 17.2. The average molecular weight is 340 g/mol. The lowest BCUT2D eigenvalue weighted by Gasteiger charge is -2.17. The molecule has 0 aromatic heterocycles. The van der Waals surface area contributed by atoms with Crippen LogP contribution < -0.4 is 4.74 Å². The van der Waals surface area contributed by atoms with E-state index in [4.69, 9.17) is 9.47 Å². The van der Waals surface area contributed by atoms with Crippen LogP contribution in [0.2, 0.25) is 0 Å². The Morgan fingerprint density at radius 1 is 1.17 bits per heavy atom. The van der Waals surface area contributed by atoms with Crippen LogP contribution in [0.3, 0.4) is 0 Å². The van der Waals surface area contributed by atoms with Gasteiger partial charge in [0.25, 0.3) is 0 Å². The van der Waals surface area contributed by atoms with E-state index in [-0.39, 0.29) is 5.12 Å². The van der Waals surface area contributed by atoms with E-state index < -0.39 is 18.0 Å². The normalized spacial score (nSPS) is 11.4. The molecule has 0 aliphatic rings. The minimum absolute atomic E-state index is 0.0336. The molecule has 7 heteroatoms. The van der Waals surface area contributed by atoms with Crippen molar-refractivity contribution in [1.82, 2.24) is 0 Å². The molecule has 0 heterocycles. The van der Waals surface area contributed by atoms with Crippen LogP contribution in [0.15, 0.2) is 24.3 Å². The molecule has 0 aliphatic carbocycles. The smallest absolute Gasteiger partial charge is 0.347 e. The molecule has 0 saturated heterocycles. The number of hydrogen-bond acceptors (Lipinski definition) is 7. The maximum Gasteiger partial charge on any atom is 0.347 e. The molecule has 0 radical (unpaired) electrons. The first-order valence-corrected chi connectivity index (χ1v) is 8.02. The summed E-state index contributed by atoms with van der Waals surface area (Å²) in [5.74, 6) is 0.000676. The first-order valence-electron chi connectivity index (χ1n) is 7.04. The predicted molar refractivity (Wildman–Crippen MR) is 86.6 cm³/mol. The maximum absolute atomic E-state index is 11.8. The average Bonchev–Trinajstić information content (AvgIpc) is 2.56. The molecule has 0 amide bonds. The molecule has 126 valence electrons. The molecule has 23 heavy (non-hydrogen) atoms. The van der Waals surface area contributed by atoms with E-state index in [1.165, 1.54) is 39.0 Å². The van der Waals surface area contributed by atoms with Crippen molar-refractivity contribution >= 4 is 28.8 Å². The van der Waals surface area contributed by atoms with Gasteiger partial charge in [-0.1, -0.05) is 17.8 Å². The summed E-state index contributed by atoms with van der Waals surface area (Å²) >= 11 is 1.20. The van der Waals surface area contributed by atoms with Crippen molar-refractivity contribution in [2.24, 2.45) is 0 Å². The molecule has 1 rings (SSSR count). The molecular weight excluding hydrogens is 320 g/mol. The number of thioether (sulfide) groups is 1. The summed E-state index contributed by atoms with van der Waals surface area (Å²) in [5.41, 5.74) is 0.334. The molecule has 0 spiro atoms. The SMILES string of the molecule is COC(=O)c1cccc(OC(CCCSC(C)=O)C(=O)OC)c1. The van der Waals surface area contributed by atoms with Crippen LogP contribution in [0.25, 0.3) is 0 Å². The zero-order valence-electron chi connectivity index (χ0n) is 13.4. The standard InChI is InChI=1S/C16H20O6S/c1-11(17)23-9-5-8-14(16(19)21-3)22-13-7-4-6-12(10-13)15(18)20-2/h4,6-7,10,14H,5,8-9H2,1-3H3. The summed E-state index contributed by atoms with van der Waals surface area (Å²) in [5, 5.41) is 0.0336. The molecule has 6 nitrogen and oxygen atoms in total. The highest BCUT2D eigenvalue weighted by molar-refractivity contribution is 8.13.